The predicted molar refractivity (Wildman–Crippen MR) is 74.4 cm³/mol. The van der Waals surface area contributed by atoms with E-state index in [-0.39, 0.29) is 9.78 Å². The van der Waals surface area contributed by atoms with Crippen LogP contribution in [0.15, 0.2) is 19.8 Å². The number of aromatic nitrogens is 4. The number of nitrogen functional groups attached to an aromatic ring is 1. The Bertz CT molecular complexity index is 744. The van der Waals surface area contributed by atoms with Crippen LogP contribution in [0, 0.1) is 3.83 Å². The second-order valence-electron chi connectivity index (χ2n) is 3.35. The number of nitrogens with two attached hydrogens (primary N) is 1. The SMILES string of the molecule is Nc1nc(O)c(N=Nc2c(O)nc(I)[nH]c2=O)c(=O)[nH]1. The number of H-pyrrole nitrogens is 2. The highest BCUT2D eigenvalue weighted by molar-refractivity contribution is 14.1. The summed E-state index contributed by atoms with van der Waals surface area (Å²) in [6.07, 6.45) is 0. The average molecular weight is 391 g/mol. The molecule has 104 valence electrons. The van der Waals surface area contributed by atoms with Crippen LogP contribution in [0.2, 0.25) is 0 Å². The summed E-state index contributed by atoms with van der Waals surface area (Å²) in [7, 11) is 0. The number of nitrogens with one attached hydrogen (secondary N) is 2. The van der Waals surface area contributed by atoms with Crippen LogP contribution in [0.25, 0.3) is 0 Å². The van der Waals surface area contributed by atoms with Gasteiger partial charge in [-0.1, -0.05) is 0 Å². The molecule has 2 rings (SSSR count). The molecule has 0 amide bonds. The maximum absolute atomic E-state index is 11.5. The largest absolute Gasteiger partial charge is 0.491 e. The zero-order valence-electron chi connectivity index (χ0n) is 9.46. The molecule has 0 bridgehead atoms. The summed E-state index contributed by atoms with van der Waals surface area (Å²) in [6, 6.07) is 0. The molecule has 20 heavy (non-hydrogen) atoms. The Hall–Kier alpha value is -2.51. The third-order valence-electron chi connectivity index (χ3n) is 1.99. The van der Waals surface area contributed by atoms with Crippen molar-refractivity contribution in [1.82, 2.24) is 19.9 Å². The molecule has 0 radical (unpaired) electrons. The van der Waals surface area contributed by atoms with E-state index in [1.165, 1.54) is 0 Å². The van der Waals surface area contributed by atoms with Crippen molar-refractivity contribution in [3.63, 3.8) is 0 Å². The highest BCUT2D eigenvalue weighted by Gasteiger charge is 2.12. The minimum absolute atomic E-state index is 0.152. The van der Waals surface area contributed by atoms with Gasteiger partial charge in [0.15, 0.2) is 3.83 Å². The van der Waals surface area contributed by atoms with Gasteiger partial charge in [0.05, 0.1) is 0 Å². The Labute approximate surface area is 122 Å². The lowest BCUT2D eigenvalue weighted by atomic mass is 10.5. The number of anilines is 1. The van der Waals surface area contributed by atoms with E-state index in [2.05, 4.69) is 30.2 Å². The molecule has 2 aromatic heterocycles. The third-order valence-corrected chi connectivity index (χ3v) is 2.50. The first kappa shape index (κ1) is 13.9. The summed E-state index contributed by atoms with van der Waals surface area (Å²) in [5.41, 5.74) is 2.51. The van der Waals surface area contributed by atoms with Gasteiger partial charge in [-0.3, -0.25) is 19.6 Å². The number of rotatable bonds is 2. The van der Waals surface area contributed by atoms with Crippen LogP contribution in [0.3, 0.4) is 0 Å². The Kier molecular flexibility index (Phi) is 3.64. The van der Waals surface area contributed by atoms with E-state index in [4.69, 9.17) is 5.73 Å². The molecule has 11 nitrogen and oxygen atoms in total. The molecule has 0 spiro atoms. The van der Waals surface area contributed by atoms with Crippen molar-refractivity contribution in [3.05, 3.63) is 24.5 Å². The van der Waals surface area contributed by atoms with Gasteiger partial charge in [-0.05, 0) is 22.6 Å². The van der Waals surface area contributed by atoms with Crippen LogP contribution in [0.5, 0.6) is 11.8 Å². The van der Waals surface area contributed by atoms with Crippen molar-refractivity contribution in [3.8, 4) is 11.8 Å². The number of hydrogen-bond donors (Lipinski definition) is 5. The smallest absolute Gasteiger partial charge is 0.284 e. The van der Waals surface area contributed by atoms with Gasteiger partial charge < -0.3 is 15.9 Å². The molecule has 12 heteroatoms. The standard InChI is InChI=1S/C8H6IN7O4/c9-7-11-3(17)1(4(18)12-7)15-16-2-5(19)13-8(10)14-6(2)20/h(H2,11,12,17,18)(H4,10,13,14,19,20). The first-order chi connectivity index (χ1) is 9.38. The Morgan fingerprint density at radius 2 is 1.50 bits per heavy atom. The van der Waals surface area contributed by atoms with Gasteiger partial charge in [-0.25, -0.2) is 0 Å². The summed E-state index contributed by atoms with van der Waals surface area (Å²) in [4.78, 5) is 34.2. The zero-order valence-corrected chi connectivity index (χ0v) is 11.6. The normalized spacial score (nSPS) is 11.1. The van der Waals surface area contributed by atoms with E-state index in [0.717, 1.165) is 0 Å². The van der Waals surface area contributed by atoms with Gasteiger partial charge in [-0.2, -0.15) is 9.97 Å². The number of aromatic amines is 2. The molecule has 0 saturated carbocycles. The minimum Gasteiger partial charge on any atom is -0.491 e. The molecule has 0 unspecified atom stereocenters. The van der Waals surface area contributed by atoms with E-state index < -0.39 is 34.3 Å². The number of aromatic hydroxyl groups is 2. The topological polar surface area (TPSA) is 183 Å². The molecular formula is C8H6IN7O4. The molecule has 0 aliphatic heterocycles. The summed E-state index contributed by atoms with van der Waals surface area (Å²) >= 11 is 1.68. The van der Waals surface area contributed by atoms with Gasteiger partial charge in [-0.15, -0.1) is 10.2 Å². The lowest BCUT2D eigenvalue weighted by Gasteiger charge is -1.98. The first-order valence-corrected chi connectivity index (χ1v) is 5.95. The Balaban J connectivity index is 2.51. The molecule has 2 heterocycles. The molecule has 0 saturated heterocycles. The van der Waals surface area contributed by atoms with Crippen LogP contribution in [-0.4, -0.2) is 30.1 Å². The third kappa shape index (κ3) is 2.73. The number of hydrogen-bond acceptors (Lipinski definition) is 9. The highest BCUT2D eigenvalue weighted by Crippen LogP contribution is 2.24. The fourth-order valence-electron chi connectivity index (χ4n) is 1.18. The Morgan fingerprint density at radius 3 is 2.00 bits per heavy atom. The quantitative estimate of drug-likeness (QED) is 0.268. The van der Waals surface area contributed by atoms with Gasteiger partial charge in [0.2, 0.25) is 29.1 Å². The van der Waals surface area contributed by atoms with Crippen molar-refractivity contribution in [1.29, 1.82) is 0 Å². The number of halogens is 1. The molecule has 0 aromatic carbocycles. The van der Waals surface area contributed by atoms with Crippen molar-refractivity contribution in [2.45, 2.75) is 0 Å². The molecule has 0 aliphatic rings. The van der Waals surface area contributed by atoms with Crippen molar-refractivity contribution >= 4 is 39.9 Å². The second kappa shape index (κ2) is 5.24. The molecule has 2 aromatic rings. The van der Waals surface area contributed by atoms with Crippen molar-refractivity contribution < 1.29 is 10.2 Å². The highest BCUT2D eigenvalue weighted by atomic mass is 127. The number of nitrogens with zero attached hydrogens (tertiary/aromatic N) is 4. The molecular weight excluding hydrogens is 385 g/mol. The molecule has 0 atom stereocenters. The fourth-order valence-corrected chi connectivity index (χ4v) is 1.65. The van der Waals surface area contributed by atoms with Crippen LogP contribution >= 0.6 is 22.6 Å². The van der Waals surface area contributed by atoms with Crippen molar-refractivity contribution in [2.75, 3.05) is 5.73 Å². The van der Waals surface area contributed by atoms with Crippen LogP contribution in [0.4, 0.5) is 17.3 Å². The van der Waals surface area contributed by atoms with Gasteiger partial charge in [0.1, 0.15) is 0 Å². The summed E-state index contributed by atoms with van der Waals surface area (Å²) in [6.45, 7) is 0. The van der Waals surface area contributed by atoms with Gasteiger partial charge in [0, 0.05) is 0 Å². The predicted octanol–water partition coefficient (Wildman–Crippen LogP) is -0.133. The summed E-state index contributed by atoms with van der Waals surface area (Å²) in [5, 5.41) is 25.6. The lowest BCUT2D eigenvalue weighted by molar-refractivity contribution is 0.448. The van der Waals surface area contributed by atoms with Crippen LogP contribution < -0.4 is 16.9 Å². The molecule has 0 fully saturated rings. The maximum Gasteiger partial charge on any atom is 0.284 e. The van der Waals surface area contributed by atoms with E-state index in [1.807, 2.05) is 0 Å². The van der Waals surface area contributed by atoms with Gasteiger partial charge in [0.25, 0.3) is 11.1 Å². The molecule has 0 aliphatic carbocycles. The maximum atomic E-state index is 11.5. The monoisotopic (exact) mass is 391 g/mol. The lowest BCUT2D eigenvalue weighted by Crippen LogP contribution is -2.10. The van der Waals surface area contributed by atoms with Crippen molar-refractivity contribution in [2.24, 2.45) is 10.2 Å². The molecule has 6 N–H and O–H groups in total. The first-order valence-electron chi connectivity index (χ1n) is 4.87. The van der Waals surface area contributed by atoms with Crippen LogP contribution in [-0.2, 0) is 0 Å². The fraction of sp³-hybridized carbons (Fsp3) is 0. The van der Waals surface area contributed by atoms with Gasteiger partial charge >= 0.3 is 0 Å². The van der Waals surface area contributed by atoms with E-state index in [9.17, 15) is 19.8 Å². The number of azo groups is 1. The van der Waals surface area contributed by atoms with Crippen LogP contribution in [0.1, 0.15) is 0 Å². The van der Waals surface area contributed by atoms with E-state index in [1.54, 1.807) is 22.6 Å². The zero-order chi connectivity index (χ0) is 14.9. The second-order valence-corrected chi connectivity index (χ2v) is 4.37. The minimum atomic E-state index is -0.854. The van der Waals surface area contributed by atoms with E-state index in [0.29, 0.717) is 0 Å². The Morgan fingerprint density at radius 1 is 1.00 bits per heavy atom. The van der Waals surface area contributed by atoms with E-state index >= 15 is 0 Å². The summed E-state index contributed by atoms with van der Waals surface area (Å²) < 4.78 is 0.152. The average Bonchev–Trinajstić information content (AvgIpc) is 2.30. The summed E-state index contributed by atoms with van der Waals surface area (Å²) in [5.74, 6) is -1.73.